The number of hydrogen-bond donors (Lipinski definition) is 2. The van der Waals surface area contributed by atoms with E-state index in [1.54, 1.807) is 30.6 Å². The molecular weight excluding hydrogens is 412 g/mol. The number of methoxy groups -OCH3 is 1. The Morgan fingerprint density at radius 2 is 2.00 bits per heavy atom. The smallest absolute Gasteiger partial charge is 0.238 e. The van der Waals surface area contributed by atoms with E-state index in [0.717, 1.165) is 26.7 Å². The van der Waals surface area contributed by atoms with Gasteiger partial charge in [-0.1, -0.05) is 23.5 Å². The van der Waals surface area contributed by atoms with Crippen LogP contribution in [0.15, 0.2) is 47.4 Å². The molecule has 1 aliphatic rings. The average Bonchev–Trinajstić information content (AvgIpc) is 3.07. The SMILES string of the molecule is COc1ccc2nc(N3CC(C(=O)NCc4ccc(S(N)(=O)=O)cc4)C3)sc2c1. The number of sulfonamides is 1. The molecule has 0 aliphatic carbocycles. The highest BCUT2D eigenvalue weighted by Crippen LogP contribution is 2.34. The first-order valence-corrected chi connectivity index (χ1v) is 11.3. The van der Waals surface area contributed by atoms with Crippen LogP contribution in [0.3, 0.4) is 0 Å². The number of amides is 1. The normalized spacial score (nSPS) is 14.6. The van der Waals surface area contributed by atoms with E-state index in [0.29, 0.717) is 19.6 Å². The van der Waals surface area contributed by atoms with Crippen molar-refractivity contribution in [1.82, 2.24) is 10.3 Å². The third kappa shape index (κ3) is 4.19. The molecule has 29 heavy (non-hydrogen) atoms. The monoisotopic (exact) mass is 432 g/mol. The number of ether oxygens (including phenoxy) is 1. The van der Waals surface area contributed by atoms with Gasteiger partial charge in [0, 0.05) is 19.6 Å². The van der Waals surface area contributed by atoms with Crippen molar-refractivity contribution < 1.29 is 17.9 Å². The van der Waals surface area contributed by atoms with Crippen molar-refractivity contribution in [1.29, 1.82) is 0 Å². The predicted molar refractivity (Wildman–Crippen MR) is 112 cm³/mol. The molecule has 0 saturated carbocycles. The van der Waals surface area contributed by atoms with Gasteiger partial charge in [0.1, 0.15) is 5.75 Å². The van der Waals surface area contributed by atoms with Crippen molar-refractivity contribution in [2.75, 3.05) is 25.1 Å². The summed E-state index contributed by atoms with van der Waals surface area (Å²) in [7, 11) is -2.08. The lowest BCUT2D eigenvalue weighted by Gasteiger charge is -2.37. The lowest BCUT2D eigenvalue weighted by Crippen LogP contribution is -2.53. The van der Waals surface area contributed by atoms with E-state index in [1.165, 1.54) is 12.1 Å². The molecule has 0 radical (unpaired) electrons. The van der Waals surface area contributed by atoms with Crippen molar-refractivity contribution in [3.63, 3.8) is 0 Å². The molecule has 10 heteroatoms. The zero-order chi connectivity index (χ0) is 20.6. The summed E-state index contributed by atoms with van der Waals surface area (Å²) in [5.74, 6) is 0.672. The zero-order valence-electron chi connectivity index (χ0n) is 15.7. The second kappa shape index (κ2) is 7.62. The zero-order valence-corrected chi connectivity index (χ0v) is 17.3. The Morgan fingerprint density at radius 3 is 2.66 bits per heavy atom. The molecular formula is C19H20N4O4S2. The van der Waals surface area contributed by atoms with E-state index in [9.17, 15) is 13.2 Å². The molecule has 2 aromatic carbocycles. The number of benzene rings is 2. The van der Waals surface area contributed by atoms with Crippen LogP contribution in [0.25, 0.3) is 10.2 Å². The summed E-state index contributed by atoms with van der Waals surface area (Å²) < 4.78 is 28.8. The average molecular weight is 433 g/mol. The van der Waals surface area contributed by atoms with Crippen molar-refractivity contribution in [3.8, 4) is 5.75 Å². The van der Waals surface area contributed by atoms with Crippen LogP contribution in [-0.4, -0.2) is 39.5 Å². The van der Waals surface area contributed by atoms with Gasteiger partial charge in [-0.05, 0) is 35.9 Å². The minimum atomic E-state index is -3.71. The van der Waals surface area contributed by atoms with E-state index < -0.39 is 10.0 Å². The van der Waals surface area contributed by atoms with Gasteiger partial charge in [-0.15, -0.1) is 0 Å². The summed E-state index contributed by atoms with van der Waals surface area (Å²) >= 11 is 1.58. The molecule has 4 rings (SSSR count). The topological polar surface area (TPSA) is 115 Å². The first-order valence-electron chi connectivity index (χ1n) is 8.92. The van der Waals surface area contributed by atoms with Gasteiger partial charge >= 0.3 is 0 Å². The van der Waals surface area contributed by atoms with E-state index in [4.69, 9.17) is 9.88 Å². The standard InChI is InChI=1S/C19H20N4O4S2/c1-27-14-4-7-16-17(8-14)28-19(22-16)23-10-13(11-23)18(24)21-9-12-2-5-15(6-3-12)29(20,25)26/h2-8,13H,9-11H2,1H3,(H,21,24)(H2,20,25,26). The molecule has 1 aromatic heterocycles. The molecule has 3 N–H and O–H groups in total. The maximum absolute atomic E-state index is 12.4. The van der Waals surface area contributed by atoms with Gasteiger partial charge in [0.15, 0.2) is 5.13 Å². The summed E-state index contributed by atoms with van der Waals surface area (Å²) in [6.07, 6.45) is 0. The number of carbonyl (C=O) groups is 1. The summed E-state index contributed by atoms with van der Waals surface area (Å²) in [5, 5.41) is 8.87. The lowest BCUT2D eigenvalue weighted by molar-refractivity contribution is -0.125. The Labute approximate surface area is 172 Å². The number of hydrogen-bond acceptors (Lipinski definition) is 7. The fraction of sp³-hybridized carbons (Fsp3) is 0.263. The molecule has 152 valence electrons. The molecule has 3 aromatic rings. The van der Waals surface area contributed by atoms with Crippen LogP contribution >= 0.6 is 11.3 Å². The molecule has 1 fully saturated rings. The Balaban J connectivity index is 1.31. The highest BCUT2D eigenvalue weighted by molar-refractivity contribution is 7.89. The Kier molecular flexibility index (Phi) is 5.15. The van der Waals surface area contributed by atoms with Gasteiger partial charge in [-0.25, -0.2) is 18.5 Å². The molecule has 1 amide bonds. The first kappa shape index (κ1) is 19.6. The van der Waals surface area contributed by atoms with Gasteiger partial charge in [0.05, 0.1) is 28.1 Å². The molecule has 8 nitrogen and oxygen atoms in total. The fourth-order valence-electron chi connectivity index (χ4n) is 3.09. The first-order chi connectivity index (χ1) is 13.8. The predicted octanol–water partition coefficient (Wildman–Crippen LogP) is 1.70. The quantitative estimate of drug-likeness (QED) is 0.613. The number of fused-ring (bicyclic) bond motifs is 1. The van der Waals surface area contributed by atoms with Crippen LogP contribution in [0.1, 0.15) is 5.56 Å². The van der Waals surface area contributed by atoms with Crippen molar-refractivity contribution in [3.05, 3.63) is 48.0 Å². The number of nitrogens with two attached hydrogens (primary N) is 1. The number of nitrogens with zero attached hydrogens (tertiary/aromatic N) is 2. The summed E-state index contributed by atoms with van der Waals surface area (Å²) in [6.45, 7) is 1.57. The van der Waals surface area contributed by atoms with Crippen LogP contribution in [0.4, 0.5) is 5.13 Å². The number of thiazole rings is 1. The number of rotatable bonds is 6. The van der Waals surface area contributed by atoms with Crippen LogP contribution in [0.2, 0.25) is 0 Å². The third-order valence-electron chi connectivity index (χ3n) is 4.83. The third-order valence-corrected chi connectivity index (χ3v) is 6.83. The number of anilines is 1. The van der Waals surface area contributed by atoms with E-state index in [2.05, 4.69) is 15.2 Å². The van der Waals surface area contributed by atoms with Crippen LogP contribution in [-0.2, 0) is 21.4 Å². The van der Waals surface area contributed by atoms with Crippen molar-refractivity contribution >= 4 is 42.6 Å². The van der Waals surface area contributed by atoms with Gasteiger partial charge in [-0.2, -0.15) is 0 Å². The molecule has 0 atom stereocenters. The number of nitrogens with one attached hydrogen (secondary N) is 1. The highest BCUT2D eigenvalue weighted by Gasteiger charge is 2.34. The van der Waals surface area contributed by atoms with Crippen LogP contribution in [0.5, 0.6) is 5.75 Å². The fourth-order valence-corrected chi connectivity index (χ4v) is 4.61. The minimum Gasteiger partial charge on any atom is -0.497 e. The number of aromatic nitrogens is 1. The van der Waals surface area contributed by atoms with E-state index >= 15 is 0 Å². The Hall–Kier alpha value is -2.69. The second-order valence-corrected chi connectivity index (χ2v) is 9.41. The molecule has 1 aliphatic heterocycles. The Bertz CT molecular complexity index is 1150. The van der Waals surface area contributed by atoms with Gasteiger partial charge in [0.2, 0.25) is 15.9 Å². The molecule has 0 spiro atoms. The lowest BCUT2D eigenvalue weighted by atomic mass is 10.00. The van der Waals surface area contributed by atoms with E-state index in [1.807, 2.05) is 18.2 Å². The van der Waals surface area contributed by atoms with Gasteiger partial charge < -0.3 is 15.0 Å². The number of primary sulfonamides is 1. The molecule has 0 unspecified atom stereocenters. The van der Waals surface area contributed by atoms with Crippen LogP contribution < -0.4 is 20.1 Å². The van der Waals surface area contributed by atoms with Crippen LogP contribution in [0, 0.1) is 5.92 Å². The summed E-state index contributed by atoms with van der Waals surface area (Å²) in [5.41, 5.74) is 1.73. The number of carbonyl (C=O) groups excluding carboxylic acids is 1. The highest BCUT2D eigenvalue weighted by atomic mass is 32.2. The summed E-state index contributed by atoms with van der Waals surface area (Å²) in [6, 6.07) is 11.9. The molecule has 0 bridgehead atoms. The Morgan fingerprint density at radius 1 is 1.28 bits per heavy atom. The van der Waals surface area contributed by atoms with Crippen molar-refractivity contribution in [2.24, 2.45) is 11.1 Å². The maximum Gasteiger partial charge on any atom is 0.238 e. The minimum absolute atomic E-state index is 0.0282. The van der Waals surface area contributed by atoms with Crippen molar-refractivity contribution in [2.45, 2.75) is 11.4 Å². The second-order valence-electron chi connectivity index (χ2n) is 6.84. The van der Waals surface area contributed by atoms with E-state index in [-0.39, 0.29) is 16.7 Å². The maximum atomic E-state index is 12.4. The molecule has 2 heterocycles. The van der Waals surface area contributed by atoms with Gasteiger partial charge in [-0.3, -0.25) is 4.79 Å². The largest absolute Gasteiger partial charge is 0.497 e. The molecule has 1 saturated heterocycles. The summed E-state index contributed by atoms with van der Waals surface area (Å²) in [4.78, 5) is 19.1. The van der Waals surface area contributed by atoms with Gasteiger partial charge in [0.25, 0.3) is 0 Å².